The van der Waals surface area contributed by atoms with Gasteiger partial charge in [0.2, 0.25) is 0 Å². The molecule has 138 valence electrons. The summed E-state index contributed by atoms with van der Waals surface area (Å²) in [5, 5.41) is 3.38. The first-order chi connectivity index (χ1) is 13.0. The van der Waals surface area contributed by atoms with Crippen molar-refractivity contribution < 1.29 is 9.53 Å². The third-order valence-electron chi connectivity index (χ3n) is 4.17. The second kappa shape index (κ2) is 8.10. The van der Waals surface area contributed by atoms with Crippen molar-refractivity contribution in [3.8, 4) is 5.75 Å². The van der Waals surface area contributed by atoms with Gasteiger partial charge in [-0.1, -0.05) is 41.9 Å². The SMILES string of the molecule is COc1cc(Cl)c(C)cc1NC(=O)c1ccc(=O)n(Cc2ccccc2)c1. The fraction of sp³-hybridized carbons (Fsp3) is 0.143. The van der Waals surface area contributed by atoms with E-state index in [1.54, 1.807) is 18.3 Å². The van der Waals surface area contributed by atoms with Gasteiger partial charge < -0.3 is 14.6 Å². The van der Waals surface area contributed by atoms with Crippen LogP contribution in [-0.2, 0) is 6.54 Å². The number of carbonyl (C=O) groups is 1. The van der Waals surface area contributed by atoms with E-state index in [4.69, 9.17) is 16.3 Å². The van der Waals surface area contributed by atoms with Gasteiger partial charge in [-0.15, -0.1) is 0 Å². The van der Waals surface area contributed by atoms with Crippen LogP contribution in [0.1, 0.15) is 21.5 Å². The summed E-state index contributed by atoms with van der Waals surface area (Å²) in [5.41, 5.74) is 2.52. The molecule has 3 rings (SSSR count). The molecule has 0 unspecified atom stereocenters. The summed E-state index contributed by atoms with van der Waals surface area (Å²) in [6.45, 7) is 2.24. The number of hydrogen-bond donors (Lipinski definition) is 1. The number of benzene rings is 2. The van der Waals surface area contributed by atoms with Crippen LogP contribution in [0.4, 0.5) is 5.69 Å². The maximum absolute atomic E-state index is 12.7. The van der Waals surface area contributed by atoms with Crippen LogP contribution >= 0.6 is 11.6 Å². The molecule has 1 aromatic heterocycles. The minimum absolute atomic E-state index is 0.171. The number of methoxy groups -OCH3 is 1. The van der Waals surface area contributed by atoms with E-state index in [-0.39, 0.29) is 11.5 Å². The van der Waals surface area contributed by atoms with Crippen LogP contribution in [0.2, 0.25) is 5.02 Å². The molecule has 0 aliphatic heterocycles. The topological polar surface area (TPSA) is 60.3 Å². The number of aromatic nitrogens is 1. The van der Waals surface area contributed by atoms with Crippen molar-refractivity contribution >= 4 is 23.2 Å². The van der Waals surface area contributed by atoms with Gasteiger partial charge >= 0.3 is 0 Å². The lowest BCUT2D eigenvalue weighted by atomic mass is 10.2. The predicted octanol–water partition coefficient (Wildman–Crippen LogP) is 4.12. The highest BCUT2D eigenvalue weighted by Gasteiger charge is 2.13. The van der Waals surface area contributed by atoms with E-state index in [0.717, 1.165) is 11.1 Å². The van der Waals surface area contributed by atoms with Crippen molar-refractivity contribution in [1.82, 2.24) is 4.57 Å². The lowest BCUT2D eigenvalue weighted by Crippen LogP contribution is -2.22. The smallest absolute Gasteiger partial charge is 0.257 e. The number of nitrogens with zero attached hydrogens (tertiary/aromatic N) is 1. The first kappa shape index (κ1) is 18.7. The third kappa shape index (κ3) is 4.38. The van der Waals surface area contributed by atoms with Gasteiger partial charge in [0.1, 0.15) is 5.75 Å². The monoisotopic (exact) mass is 382 g/mol. The van der Waals surface area contributed by atoms with Crippen molar-refractivity contribution in [3.63, 3.8) is 0 Å². The highest BCUT2D eigenvalue weighted by atomic mass is 35.5. The summed E-state index contributed by atoms with van der Waals surface area (Å²) >= 11 is 6.10. The second-order valence-electron chi connectivity index (χ2n) is 6.13. The van der Waals surface area contributed by atoms with E-state index in [1.165, 1.54) is 23.8 Å². The molecule has 1 amide bonds. The number of halogens is 1. The Morgan fingerprint density at radius 1 is 1.15 bits per heavy atom. The summed E-state index contributed by atoms with van der Waals surface area (Å²) in [6.07, 6.45) is 1.56. The lowest BCUT2D eigenvalue weighted by molar-refractivity contribution is 0.102. The molecule has 2 aromatic carbocycles. The number of rotatable bonds is 5. The number of nitrogens with one attached hydrogen (secondary N) is 1. The van der Waals surface area contributed by atoms with E-state index >= 15 is 0 Å². The zero-order chi connectivity index (χ0) is 19.4. The van der Waals surface area contributed by atoms with Gasteiger partial charge in [-0.2, -0.15) is 0 Å². The molecule has 0 spiro atoms. The van der Waals surface area contributed by atoms with Crippen LogP contribution in [0, 0.1) is 6.92 Å². The Morgan fingerprint density at radius 3 is 2.59 bits per heavy atom. The van der Waals surface area contributed by atoms with Gasteiger partial charge in [0, 0.05) is 23.4 Å². The first-order valence-corrected chi connectivity index (χ1v) is 8.75. The molecule has 27 heavy (non-hydrogen) atoms. The molecule has 3 aromatic rings. The Balaban J connectivity index is 1.87. The molecule has 6 heteroatoms. The average Bonchev–Trinajstić information content (AvgIpc) is 2.67. The minimum atomic E-state index is -0.336. The van der Waals surface area contributed by atoms with E-state index in [9.17, 15) is 9.59 Å². The highest BCUT2D eigenvalue weighted by Crippen LogP contribution is 2.31. The fourth-order valence-electron chi connectivity index (χ4n) is 2.69. The van der Waals surface area contributed by atoms with E-state index in [2.05, 4.69) is 5.32 Å². The third-order valence-corrected chi connectivity index (χ3v) is 4.58. The van der Waals surface area contributed by atoms with Gasteiger partial charge in [0.15, 0.2) is 0 Å². The average molecular weight is 383 g/mol. The molecular formula is C21H19ClN2O3. The van der Waals surface area contributed by atoms with Crippen molar-refractivity contribution in [2.45, 2.75) is 13.5 Å². The summed E-state index contributed by atoms with van der Waals surface area (Å²) in [7, 11) is 1.51. The molecule has 0 radical (unpaired) electrons. The van der Waals surface area contributed by atoms with Crippen LogP contribution in [0.5, 0.6) is 5.75 Å². The van der Waals surface area contributed by atoms with Crippen LogP contribution in [0.25, 0.3) is 0 Å². The number of pyridine rings is 1. The molecule has 1 heterocycles. The zero-order valence-corrected chi connectivity index (χ0v) is 15.8. The molecule has 0 aliphatic rings. The Hall–Kier alpha value is -3.05. The summed E-state index contributed by atoms with van der Waals surface area (Å²) in [4.78, 5) is 24.8. The van der Waals surface area contributed by atoms with Crippen LogP contribution < -0.4 is 15.6 Å². The zero-order valence-electron chi connectivity index (χ0n) is 15.0. The predicted molar refractivity (Wildman–Crippen MR) is 107 cm³/mol. The van der Waals surface area contributed by atoms with E-state index < -0.39 is 0 Å². The quantitative estimate of drug-likeness (QED) is 0.722. The molecule has 0 atom stereocenters. The molecule has 1 N–H and O–H groups in total. The van der Waals surface area contributed by atoms with Gasteiger partial charge in [0.05, 0.1) is 24.9 Å². The van der Waals surface area contributed by atoms with Crippen LogP contribution in [0.15, 0.2) is 65.6 Å². The largest absolute Gasteiger partial charge is 0.495 e. The maximum atomic E-state index is 12.7. The molecule has 0 aliphatic carbocycles. The van der Waals surface area contributed by atoms with Gasteiger partial charge in [-0.25, -0.2) is 0 Å². The first-order valence-electron chi connectivity index (χ1n) is 8.38. The summed E-state index contributed by atoms with van der Waals surface area (Å²) in [5.74, 6) is 0.133. The number of anilines is 1. The Labute approximate surface area is 162 Å². The Bertz CT molecular complexity index is 1030. The van der Waals surface area contributed by atoms with Crippen LogP contribution in [-0.4, -0.2) is 17.6 Å². The Morgan fingerprint density at radius 2 is 1.89 bits per heavy atom. The Kier molecular flexibility index (Phi) is 5.62. The molecule has 5 nitrogen and oxygen atoms in total. The molecule has 0 saturated carbocycles. The minimum Gasteiger partial charge on any atom is -0.495 e. The maximum Gasteiger partial charge on any atom is 0.257 e. The van der Waals surface area contributed by atoms with Crippen LogP contribution in [0.3, 0.4) is 0 Å². The molecule has 0 bridgehead atoms. The summed E-state index contributed by atoms with van der Waals surface area (Å²) in [6, 6.07) is 15.9. The molecule has 0 saturated heterocycles. The summed E-state index contributed by atoms with van der Waals surface area (Å²) < 4.78 is 6.79. The van der Waals surface area contributed by atoms with E-state index in [0.29, 0.717) is 28.6 Å². The van der Waals surface area contributed by atoms with Crippen molar-refractivity contribution in [2.24, 2.45) is 0 Å². The van der Waals surface area contributed by atoms with Gasteiger partial charge in [-0.05, 0) is 30.2 Å². The second-order valence-corrected chi connectivity index (χ2v) is 6.53. The molecular weight excluding hydrogens is 364 g/mol. The number of hydrogen-bond acceptors (Lipinski definition) is 3. The number of amides is 1. The van der Waals surface area contributed by atoms with Crippen molar-refractivity contribution in [2.75, 3.05) is 12.4 Å². The number of ether oxygens (including phenoxy) is 1. The lowest BCUT2D eigenvalue weighted by Gasteiger charge is -2.13. The molecule has 0 fully saturated rings. The number of aryl methyl sites for hydroxylation is 1. The van der Waals surface area contributed by atoms with Gasteiger partial charge in [0.25, 0.3) is 11.5 Å². The fourth-order valence-corrected chi connectivity index (χ4v) is 2.85. The normalized spacial score (nSPS) is 10.5. The van der Waals surface area contributed by atoms with Crippen molar-refractivity contribution in [1.29, 1.82) is 0 Å². The van der Waals surface area contributed by atoms with Crippen molar-refractivity contribution in [3.05, 3.63) is 92.9 Å². The van der Waals surface area contributed by atoms with Gasteiger partial charge in [-0.3, -0.25) is 9.59 Å². The van der Waals surface area contributed by atoms with E-state index in [1.807, 2.05) is 37.3 Å². The standard InChI is InChI=1S/C21H19ClN2O3/c1-14-10-18(19(27-2)11-17(14)22)23-21(26)16-8-9-20(25)24(13-16)12-15-6-4-3-5-7-15/h3-11,13H,12H2,1-2H3,(H,23,26). The highest BCUT2D eigenvalue weighted by molar-refractivity contribution is 6.31. The number of carbonyl (C=O) groups excluding carboxylic acids is 1.